The second-order valence-corrected chi connectivity index (χ2v) is 9.59. The number of aromatic amines is 1. The lowest BCUT2D eigenvalue weighted by Crippen LogP contribution is -2.33. The van der Waals surface area contributed by atoms with Gasteiger partial charge in [-0.15, -0.1) is 5.10 Å². The topological polar surface area (TPSA) is 75.0 Å². The molecule has 8 heteroatoms. The number of piperidine rings is 1. The van der Waals surface area contributed by atoms with Gasteiger partial charge in [-0.3, -0.25) is 5.10 Å². The van der Waals surface area contributed by atoms with Crippen molar-refractivity contribution < 1.29 is 0 Å². The number of benzene rings is 1. The molecule has 0 bridgehead atoms. The molecule has 0 aliphatic carbocycles. The third-order valence-corrected chi connectivity index (χ3v) is 6.47. The van der Waals surface area contributed by atoms with E-state index in [1.165, 1.54) is 0 Å². The molecule has 0 amide bonds. The van der Waals surface area contributed by atoms with Gasteiger partial charge in [-0.05, 0) is 12.8 Å². The Balaban J connectivity index is 1.26. The smallest absolute Gasteiger partial charge is 0.214 e. The highest BCUT2D eigenvalue weighted by Crippen LogP contribution is 2.32. The third-order valence-electron chi connectivity index (χ3n) is 5.49. The van der Waals surface area contributed by atoms with Crippen molar-refractivity contribution in [1.82, 2.24) is 29.8 Å². The Morgan fingerprint density at radius 2 is 1.83 bits per heavy atom. The Bertz CT molecular complexity index is 1080. The van der Waals surface area contributed by atoms with Crippen LogP contribution in [0, 0.1) is 0 Å². The third kappa shape index (κ3) is 3.53. The molecule has 1 aliphatic heterocycles. The lowest BCUT2D eigenvalue weighted by molar-refractivity contribution is 0.485. The zero-order valence-electron chi connectivity index (χ0n) is 17.0. The van der Waals surface area contributed by atoms with E-state index in [9.17, 15) is 0 Å². The minimum Gasteiger partial charge on any atom is -0.347 e. The first-order valence-electron chi connectivity index (χ1n) is 10.1. The van der Waals surface area contributed by atoms with Crippen LogP contribution < -0.4 is 4.90 Å². The fraction of sp³-hybridized carbons (Fsp3) is 0.429. The van der Waals surface area contributed by atoms with Gasteiger partial charge in [0, 0.05) is 30.0 Å². The second kappa shape index (κ2) is 6.95. The van der Waals surface area contributed by atoms with E-state index in [0.29, 0.717) is 5.92 Å². The Morgan fingerprint density at radius 1 is 1.07 bits per heavy atom. The van der Waals surface area contributed by atoms with Crippen LogP contribution in [0.15, 0.2) is 36.5 Å². The van der Waals surface area contributed by atoms with E-state index in [2.05, 4.69) is 42.1 Å². The highest BCUT2D eigenvalue weighted by atomic mass is 32.1. The molecule has 1 aliphatic rings. The number of imidazole rings is 1. The summed E-state index contributed by atoms with van der Waals surface area (Å²) < 4.78 is 1.93. The van der Waals surface area contributed by atoms with Crippen molar-refractivity contribution >= 4 is 21.4 Å². The SMILES string of the molecule is CC(C)(C)c1cn2nc(N3CCC(c4nc(-c5ccccc5)n[nH]4)CC3)sc2n1. The summed E-state index contributed by atoms with van der Waals surface area (Å²) in [6, 6.07) is 10.1. The summed E-state index contributed by atoms with van der Waals surface area (Å²) in [6.45, 7) is 8.47. The molecule has 0 atom stereocenters. The van der Waals surface area contributed by atoms with Crippen LogP contribution in [-0.2, 0) is 5.41 Å². The molecule has 1 fully saturated rings. The number of rotatable bonds is 3. The van der Waals surface area contributed by atoms with E-state index in [-0.39, 0.29) is 5.41 Å². The maximum absolute atomic E-state index is 4.77. The van der Waals surface area contributed by atoms with Crippen LogP contribution in [-0.4, -0.2) is 42.9 Å². The second-order valence-electron chi connectivity index (χ2n) is 8.66. The minimum atomic E-state index is 0.0433. The van der Waals surface area contributed by atoms with Crippen molar-refractivity contribution in [3.05, 3.63) is 48.0 Å². The van der Waals surface area contributed by atoms with E-state index in [4.69, 9.17) is 15.1 Å². The van der Waals surface area contributed by atoms with Crippen LogP contribution in [0.5, 0.6) is 0 Å². The maximum Gasteiger partial charge on any atom is 0.214 e. The Labute approximate surface area is 173 Å². The molecular formula is C21H25N7S. The molecule has 1 N–H and O–H groups in total. The van der Waals surface area contributed by atoms with Gasteiger partial charge in [-0.25, -0.2) is 14.5 Å². The van der Waals surface area contributed by atoms with Crippen LogP contribution in [0.3, 0.4) is 0 Å². The van der Waals surface area contributed by atoms with Gasteiger partial charge in [-0.1, -0.05) is 62.4 Å². The zero-order chi connectivity index (χ0) is 20.0. The molecule has 3 aromatic heterocycles. The molecule has 0 unspecified atom stereocenters. The lowest BCUT2D eigenvalue weighted by atomic mass is 9.93. The number of fused-ring (bicyclic) bond motifs is 1. The summed E-state index contributed by atoms with van der Waals surface area (Å²) in [4.78, 5) is 12.8. The Hall–Kier alpha value is -2.74. The van der Waals surface area contributed by atoms with Crippen LogP contribution in [0.25, 0.3) is 16.3 Å². The van der Waals surface area contributed by atoms with E-state index in [1.807, 2.05) is 34.8 Å². The minimum absolute atomic E-state index is 0.0433. The van der Waals surface area contributed by atoms with Crippen molar-refractivity contribution in [2.45, 2.75) is 44.9 Å². The van der Waals surface area contributed by atoms with Gasteiger partial charge < -0.3 is 4.90 Å². The number of hydrogen-bond acceptors (Lipinski definition) is 6. The van der Waals surface area contributed by atoms with Gasteiger partial charge in [0.25, 0.3) is 0 Å². The van der Waals surface area contributed by atoms with Gasteiger partial charge in [0.2, 0.25) is 10.1 Å². The number of H-pyrrole nitrogens is 1. The van der Waals surface area contributed by atoms with Crippen molar-refractivity contribution in [2.24, 2.45) is 0 Å². The van der Waals surface area contributed by atoms with Gasteiger partial charge in [-0.2, -0.15) is 5.10 Å². The molecule has 7 nitrogen and oxygen atoms in total. The Morgan fingerprint density at radius 3 is 2.52 bits per heavy atom. The molecule has 4 heterocycles. The van der Waals surface area contributed by atoms with E-state index < -0.39 is 0 Å². The van der Waals surface area contributed by atoms with Crippen molar-refractivity contribution in [2.75, 3.05) is 18.0 Å². The molecule has 0 spiro atoms. The van der Waals surface area contributed by atoms with Crippen molar-refractivity contribution in [3.8, 4) is 11.4 Å². The molecule has 0 saturated carbocycles. The first-order valence-corrected chi connectivity index (χ1v) is 10.9. The molecule has 29 heavy (non-hydrogen) atoms. The number of hydrogen-bond donors (Lipinski definition) is 1. The quantitative estimate of drug-likeness (QED) is 0.549. The standard InChI is InChI=1S/C21H25N7S/c1-21(2,3)16-13-28-19(22-16)29-20(26-28)27-11-9-15(10-12-27)18-23-17(24-25-18)14-7-5-4-6-8-14/h4-8,13,15H,9-12H2,1-3H3,(H,23,24,25). The van der Waals surface area contributed by atoms with Crippen LogP contribution >= 0.6 is 11.3 Å². The van der Waals surface area contributed by atoms with Crippen LogP contribution in [0.2, 0.25) is 0 Å². The summed E-state index contributed by atoms with van der Waals surface area (Å²) >= 11 is 1.67. The Kier molecular flexibility index (Phi) is 4.38. The van der Waals surface area contributed by atoms with Gasteiger partial charge >= 0.3 is 0 Å². The zero-order valence-corrected chi connectivity index (χ0v) is 17.8. The van der Waals surface area contributed by atoms with E-state index in [0.717, 1.165) is 58.9 Å². The number of nitrogens with one attached hydrogen (secondary N) is 1. The molecule has 5 rings (SSSR count). The molecule has 4 aromatic rings. The van der Waals surface area contributed by atoms with E-state index in [1.54, 1.807) is 11.3 Å². The highest BCUT2D eigenvalue weighted by molar-refractivity contribution is 7.20. The average Bonchev–Trinajstić information content (AvgIpc) is 3.43. The monoisotopic (exact) mass is 407 g/mol. The van der Waals surface area contributed by atoms with E-state index >= 15 is 0 Å². The normalized spacial score (nSPS) is 16.0. The predicted molar refractivity (Wildman–Crippen MR) is 116 cm³/mol. The molecule has 1 aromatic carbocycles. The summed E-state index contributed by atoms with van der Waals surface area (Å²) in [5, 5.41) is 13.4. The van der Waals surface area contributed by atoms with Gasteiger partial charge in [0.05, 0.1) is 11.9 Å². The lowest BCUT2D eigenvalue weighted by Gasteiger charge is -2.30. The highest BCUT2D eigenvalue weighted by Gasteiger charge is 2.26. The fourth-order valence-corrected chi connectivity index (χ4v) is 4.63. The summed E-state index contributed by atoms with van der Waals surface area (Å²) in [5.74, 6) is 2.18. The molecular weight excluding hydrogens is 382 g/mol. The van der Waals surface area contributed by atoms with Crippen LogP contribution in [0.4, 0.5) is 5.13 Å². The van der Waals surface area contributed by atoms with Crippen molar-refractivity contribution in [3.63, 3.8) is 0 Å². The molecule has 1 saturated heterocycles. The van der Waals surface area contributed by atoms with Crippen molar-refractivity contribution in [1.29, 1.82) is 0 Å². The first kappa shape index (κ1) is 18.3. The van der Waals surface area contributed by atoms with Gasteiger partial charge in [0.15, 0.2) is 5.82 Å². The fourth-order valence-electron chi connectivity index (χ4n) is 3.70. The number of nitrogens with zero attached hydrogens (tertiary/aromatic N) is 6. The van der Waals surface area contributed by atoms with Gasteiger partial charge in [0.1, 0.15) is 5.82 Å². The largest absolute Gasteiger partial charge is 0.347 e. The summed E-state index contributed by atoms with van der Waals surface area (Å²) in [6.07, 6.45) is 4.14. The summed E-state index contributed by atoms with van der Waals surface area (Å²) in [7, 11) is 0. The average molecular weight is 408 g/mol. The summed E-state index contributed by atoms with van der Waals surface area (Å²) in [5.41, 5.74) is 2.18. The predicted octanol–water partition coefficient (Wildman–Crippen LogP) is 4.26. The number of aromatic nitrogens is 6. The first-order chi connectivity index (χ1) is 14.0. The maximum atomic E-state index is 4.77. The molecule has 0 radical (unpaired) electrons. The molecule has 150 valence electrons. The van der Waals surface area contributed by atoms with Crippen LogP contribution in [0.1, 0.15) is 51.0 Å². The number of anilines is 1.